The van der Waals surface area contributed by atoms with E-state index in [9.17, 15) is 4.79 Å². The maximum atomic E-state index is 11.6. The van der Waals surface area contributed by atoms with Gasteiger partial charge in [-0.15, -0.1) is 0 Å². The van der Waals surface area contributed by atoms with Gasteiger partial charge in [-0.25, -0.2) is 0 Å². The second-order valence-electron chi connectivity index (χ2n) is 5.42. The molecule has 1 aliphatic rings. The Hall–Kier alpha value is -1.31. The molecule has 17 heavy (non-hydrogen) atoms. The maximum absolute atomic E-state index is 11.6. The lowest BCUT2D eigenvalue weighted by Gasteiger charge is -2.21. The third kappa shape index (κ3) is 2.51. The molecule has 0 aliphatic heterocycles. The Labute approximate surface area is 104 Å². The summed E-state index contributed by atoms with van der Waals surface area (Å²) in [7, 11) is 1.91. The molecule has 92 valence electrons. The van der Waals surface area contributed by atoms with E-state index in [-0.39, 0.29) is 11.3 Å². The van der Waals surface area contributed by atoms with Crippen molar-refractivity contribution >= 4 is 5.91 Å². The van der Waals surface area contributed by atoms with E-state index in [2.05, 4.69) is 37.3 Å². The lowest BCUT2D eigenvalue weighted by atomic mass is 10.0. The Kier molecular flexibility index (Phi) is 3.23. The summed E-state index contributed by atoms with van der Waals surface area (Å²) < 4.78 is 0. The SMILES string of the molecule is CCC(=O)N(C)CC1(C)CC1c1ccccc1. The van der Waals surface area contributed by atoms with E-state index in [0.29, 0.717) is 12.3 Å². The van der Waals surface area contributed by atoms with Crippen molar-refractivity contribution in [1.29, 1.82) is 0 Å². The molecular weight excluding hydrogens is 210 g/mol. The minimum Gasteiger partial charge on any atom is -0.345 e. The monoisotopic (exact) mass is 231 g/mol. The van der Waals surface area contributed by atoms with Crippen LogP contribution < -0.4 is 0 Å². The van der Waals surface area contributed by atoms with Crippen molar-refractivity contribution in [2.75, 3.05) is 13.6 Å². The number of hydrogen-bond donors (Lipinski definition) is 0. The molecule has 2 rings (SSSR count). The van der Waals surface area contributed by atoms with Crippen molar-refractivity contribution in [2.45, 2.75) is 32.6 Å². The molecule has 0 aromatic heterocycles. The average Bonchev–Trinajstić information content (AvgIpc) is 3.01. The maximum Gasteiger partial charge on any atom is 0.222 e. The molecule has 2 nitrogen and oxygen atoms in total. The summed E-state index contributed by atoms with van der Waals surface area (Å²) in [5.74, 6) is 0.862. The Morgan fingerprint density at radius 1 is 1.41 bits per heavy atom. The van der Waals surface area contributed by atoms with Crippen LogP contribution in [-0.4, -0.2) is 24.4 Å². The standard InChI is InChI=1S/C15H21NO/c1-4-14(17)16(3)11-15(2)10-13(15)12-8-6-5-7-9-12/h5-9,13H,4,10-11H2,1-3H3. The van der Waals surface area contributed by atoms with Crippen molar-refractivity contribution in [3.05, 3.63) is 35.9 Å². The Balaban J connectivity index is 1.98. The summed E-state index contributed by atoms with van der Waals surface area (Å²) in [6.45, 7) is 5.08. The summed E-state index contributed by atoms with van der Waals surface area (Å²) in [6.07, 6.45) is 1.79. The highest BCUT2D eigenvalue weighted by Gasteiger charge is 2.51. The fourth-order valence-corrected chi connectivity index (χ4v) is 2.69. The average molecular weight is 231 g/mol. The topological polar surface area (TPSA) is 20.3 Å². The number of hydrogen-bond acceptors (Lipinski definition) is 1. The van der Waals surface area contributed by atoms with E-state index >= 15 is 0 Å². The second-order valence-corrected chi connectivity index (χ2v) is 5.42. The van der Waals surface area contributed by atoms with Crippen LogP contribution >= 0.6 is 0 Å². The molecule has 0 saturated heterocycles. The van der Waals surface area contributed by atoms with Crippen molar-refractivity contribution in [2.24, 2.45) is 5.41 Å². The molecule has 1 aromatic carbocycles. The van der Waals surface area contributed by atoms with Crippen LogP contribution in [0.1, 0.15) is 38.2 Å². The number of nitrogens with zero attached hydrogens (tertiary/aromatic N) is 1. The van der Waals surface area contributed by atoms with Crippen LogP contribution in [0.3, 0.4) is 0 Å². The van der Waals surface area contributed by atoms with Gasteiger partial charge in [-0.05, 0) is 23.3 Å². The fourth-order valence-electron chi connectivity index (χ4n) is 2.69. The Morgan fingerprint density at radius 2 is 2.06 bits per heavy atom. The van der Waals surface area contributed by atoms with Crippen LogP contribution in [0.2, 0.25) is 0 Å². The van der Waals surface area contributed by atoms with Gasteiger partial charge in [0.15, 0.2) is 0 Å². The predicted molar refractivity (Wildman–Crippen MR) is 69.8 cm³/mol. The smallest absolute Gasteiger partial charge is 0.222 e. The zero-order valence-electron chi connectivity index (χ0n) is 10.9. The van der Waals surface area contributed by atoms with Crippen molar-refractivity contribution in [1.82, 2.24) is 4.90 Å². The minimum atomic E-state index is 0.241. The van der Waals surface area contributed by atoms with Crippen LogP contribution in [0.15, 0.2) is 30.3 Å². The highest BCUT2D eigenvalue weighted by atomic mass is 16.2. The van der Waals surface area contributed by atoms with Crippen LogP contribution in [0.5, 0.6) is 0 Å². The zero-order valence-corrected chi connectivity index (χ0v) is 10.9. The molecule has 0 spiro atoms. The van der Waals surface area contributed by atoms with E-state index in [1.54, 1.807) is 0 Å². The van der Waals surface area contributed by atoms with Gasteiger partial charge in [-0.1, -0.05) is 44.2 Å². The first-order valence-electron chi connectivity index (χ1n) is 6.36. The molecule has 1 aliphatic carbocycles. The van der Waals surface area contributed by atoms with Crippen molar-refractivity contribution in [3.63, 3.8) is 0 Å². The number of benzene rings is 1. The predicted octanol–water partition coefficient (Wildman–Crippen LogP) is 3.05. The first-order chi connectivity index (χ1) is 8.07. The van der Waals surface area contributed by atoms with Gasteiger partial charge in [0.2, 0.25) is 5.91 Å². The van der Waals surface area contributed by atoms with Gasteiger partial charge in [0.1, 0.15) is 0 Å². The molecular formula is C15H21NO. The molecule has 2 atom stereocenters. The molecule has 2 heteroatoms. The highest BCUT2D eigenvalue weighted by molar-refractivity contribution is 5.75. The van der Waals surface area contributed by atoms with Gasteiger partial charge in [0.25, 0.3) is 0 Å². The van der Waals surface area contributed by atoms with Gasteiger partial charge in [0, 0.05) is 20.0 Å². The zero-order chi connectivity index (χ0) is 12.5. The molecule has 0 radical (unpaired) electrons. The van der Waals surface area contributed by atoms with Gasteiger partial charge < -0.3 is 4.90 Å². The molecule has 1 amide bonds. The van der Waals surface area contributed by atoms with E-state index < -0.39 is 0 Å². The van der Waals surface area contributed by atoms with Crippen molar-refractivity contribution < 1.29 is 4.79 Å². The third-order valence-electron chi connectivity index (χ3n) is 3.88. The van der Waals surface area contributed by atoms with E-state index in [0.717, 1.165) is 6.54 Å². The normalized spacial score (nSPS) is 26.6. The Bertz CT molecular complexity index is 401. The number of carbonyl (C=O) groups is 1. The number of amides is 1. The van der Waals surface area contributed by atoms with Crippen LogP contribution in [0.25, 0.3) is 0 Å². The molecule has 0 heterocycles. The number of rotatable bonds is 4. The third-order valence-corrected chi connectivity index (χ3v) is 3.88. The lowest BCUT2D eigenvalue weighted by Crippen LogP contribution is -2.31. The largest absolute Gasteiger partial charge is 0.345 e. The summed E-state index contributed by atoms with van der Waals surface area (Å²) >= 11 is 0. The Morgan fingerprint density at radius 3 is 2.65 bits per heavy atom. The summed E-state index contributed by atoms with van der Waals surface area (Å²) in [5, 5.41) is 0. The molecule has 1 aromatic rings. The first-order valence-corrected chi connectivity index (χ1v) is 6.36. The van der Waals surface area contributed by atoms with Gasteiger partial charge >= 0.3 is 0 Å². The van der Waals surface area contributed by atoms with Crippen LogP contribution in [0.4, 0.5) is 0 Å². The highest BCUT2D eigenvalue weighted by Crippen LogP contribution is 2.59. The van der Waals surface area contributed by atoms with E-state index in [1.807, 2.05) is 18.9 Å². The van der Waals surface area contributed by atoms with E-state index in [4.69, 9.17) is 0 Å². The minimum absolute atomic E-state index is 0.241. The van der Waals surface area contributed by atoms with Gasteiger partial charge in [-0.2, -0.15) is 0 Å². The number of carbonyl (C=O) groups excluding carboxylic acids is 1. The lowest BCUT2D eigenvalue weighted by molar-refractivity contribution is -0.130. The summed E-state index contributed by atoms with van der Waals surface area (Å²) in [5.41, 5.74) is 1.69. The summed E-state index contributed by atoms with van der Waals surface area (Å²) in [6, 6.07) is 10.6. The van der Waals surface area contributed by atoms with Gasteiger partial charge in [-0.3, -0.25) is 4.79 Å². The fraction of sp³-hybridized carbons (Fsp3) is 0.533. The second kappa shape index (κ2) is 4.52. The quantitative estimate of drug-likeness (QED) is 0.780. The molecule has 1 fully saturated rings. The van der Waals surface area contributed by atoms with Crippen molar-refractivity contribution in [3.8, 4) is 0 Å². The molecule has 2 unspecified atom stereocenters. The molecule has 1 saturated carbocycles. The molecule has 0 N–H and O–H groups in total. The van der Waals surface area contributed by atoms with Gasteiger partial charge in [0.05, 0.1) is 0 Å². The molecule has 0 bridgehead atoms. The summed E-state index contributed by atoms with van der Waals surface area (Å²) in [4.78, 5) is 13.5. The van der Waals surface area contributed by atoms with Crippen LogP contribution in [0, 0.1) is 5.41 Å². The van der Waals surface area contributed by atoms with E-state index in [1.165, 1.54) is 12.0 Å². The first kappa shape index (κ1) is 12.2. The van der Waals surface area contributed by atoms with Crippen LogP contribution in [-0.2, 0) is 4.79 Å².